The summed E-state index contributed by atoms with van der Waals surface area (Å²) in [4.78, 5) is 27.0. The van der Waals surface area contributed by atoms with Crippen molar-refractivity contribution in [2.24, 2.45) is 0 Å². The van der Waals surface area contributed by atoms with Crippen molar-refractivity contribution in [2.45, 2.75) is 27.0 Å². The summed E-state index contributed by atoms with van der Waals surface area (Å²) in [5.41, 5.74) is 1.63. The van der Waals surface area contributed by atoms with Crippen molar-refractivity contribution in [1.29, 1.82) is 0 Å². The van der Waals surface area contributed by atoms with Crippen molar-refractivity contribution >= 4 is 28.2 Å². The molecule has 10 heteroatoms. The fraction of sp³-hybridized carbons (Fsp3) is 0.304. The third kappa shape index (κ3) is 6.62. The number of halogens is 2. The zero-order valence-electron chi connectivity index (χ0n) is 18.4. The van der Waals surface area contributed by atoms with Crippen LogP contribution in [0, 0.1) is 6.92 Å². The molecule has 176 valence electrons. The highest BCUT2D eigenvalue weighted by Crippen LogP contribution is 2.37. The highest BCUT2D eigenvalue weighted by molar-refractivity contribution is 7.15. The minimum Gasteiger partial charge on any atom is -0.462 e. The zero-order valence-corrected chi connectivity index (χ0v) is 19.2. The van der Waals surface area contributed by atoms with Crippen LogP contribution < -0.4 is 10.1 Å². The van der Waals surface area contributed by atoms with Crippen LogP contribution in [0.15, 0.2) is 46.2 Å². The molecule has 33 heavy (non-hydrogen) atoms. The molecule has 0 saturated heterocycles. The third-order valence-electron chi connectivity index (χ3n) is 4.54. The highest BCUT2D eigenvalue weighted by Gasteiger charge is 2.24. The summed E-state index contributed by atoms with van der Waals surface area (Å²) >= 11 is 1.21. The van der Waals surface area contributed by atoms with E-state index in [1.54, 1.807) is 55.4 Å². The Morgan fingerprint density at radius 1 is 1.18 bits per heavy atom. The van der Waals surface area contributed by atoms with Crippen LogP contribution in [-0.2, 0) is 16.1 Å². The Labute approximate surface area is 193 Å². The number of anilines is 1. The number of nitrogens with zero attached hydrogens (tertiary/aromatic N) is 1. The van der Waals surface area contributed by atoms with E-state index < -0.39 is 12.6 Å². The quantitative estimate of drug-likeness (QED) is 0.405. The lowest BCUT2D eigenvalue weighted by Gasteiger charge is -2.17. The number of hydrogen-bond donors (Lipinski definition) is 1. The van der Waals surface area contributed by atoms with E-state index in [4.69, 9.17) is 9.15 Å². The van der Waals surface area contributed by atoms with E-state index in [1.807, 2.05) is 0 Å². The molecule has 0 bridgehead atoms. The number of likely N-dealkylation sites (N-methyl/N-ethyl adjacent to an activating group) is 1. The van der Waals surface area contributed by atoms with Gasteiger partial charge in [0.1, 0.15) is 27.8 Å². The van der Waals surface area contributed by atoms with Crippen molar-refractivity contribution in [2.75, 3.05) is 25.5 Å². The molecule has 3 rings (SSSR count). The molecule has 0 aliphatic carbocycles. The summed E-state index contributed by atoms with van der Waals surface area (Å²) in [7, 11) is 1.75. The molecule has 0 aliphatic rings. The number of thiophene rings is 1. The van der Waals surface area contributed by atoms with Gasteiger partial charge < -0.3 is 19.2 Å². The number of carbonyl (C=O) groups excluding carboxylic acids is 2. The number of carbonyl (C=O) groups is 2. The van der Waals surface area contributed by atoms with Crippen LogP contribution in [-0.4, -0.2) is 43.6 Å². The summed E-state index contributed by atoms with van der Waals surface area (Å²) in [5.74, 6) is 0.430. The van der Waals surface area contributed by atoms with E-state index in [9.17, 15) is 18.4 Å². The SMILES string of the molecule is CCOC(=O)c1c(-c2ccc(C)o2)csc1NC(=O)CN(C)Cc1ccc(OC(F)F)cc1. The Hall–Kier alpha value is -3.24. The monoisotopic (exact) mass is 478 g/mol. The Bertz CT molecular complexity index is 1090. The van der Waals surface area contributed by atoms with E-state index in [-0.39, 0.29) is 30.4 Å². The molecule has 7 nitrogen and oxygen atoms in total. The van der Waals surface area contributed by atoms with Gasteiger partial charge in [-0.05, 0) is 50.7 Å². The fourth-order valence-corrected chi connectivity index (χ4v) is 4.13. The Balaban J connectivity index is 1.67. The van der Waals surface area contributed by atoms with Crippen LogP contribution in [0.4, 0.5) is 13.8 Å². The molecule has 2 aromatic heterocycles. The van der Waals surface area contributed by atoms with Gasteiger partial charge in [0.15, 0.2) is 0 Å². The van der Waals surface area contributed by atoms with Gasteiger partial charge in [-0.25, -0.2) is 4.79 Å². The molecule has 0 radical (unpaired) electrons. The summed E-state index contributed by atoms with van der Waals surface area (Å²) in [6, 6.07) is 9.76. The van der Waals surface area contributed by atoms with Gasteiger partial charge in [-0.15, -0.1) is 11.3 Å². The summed E-state index contributed by atoms with van der Waals surface area (Å²) in [6.45, 7) is 1.29. The van der Waals surface area contributed by atoms with Crippen molar-refractivity contribution in [3.8, 4) is 17.1 Å². The van der Waals surface area contributed by atoms with Crippen LogP contribution in [0.25, 0.3) is 11.3 Å². The van der Waals surface area contributed by atoms with Crippen LogP contribution in [0.2, 0.25) is 0 Å². The minimum atomic E-state index is -2.88. The minimum absolute atomic E-state index is 0.0463. The molecule has 1 N–H and O–H groups in total. The Kier molecular flexibility index (Phi) is 8.18. The van der Waals surface area contributed by atoms with E-state index in [0.717, 1.165) is 5.56 Å². The molecule has 2 heterocycles. The number of esters is 1. The largest absolute Gasteiger partial charge is 0.462 e. The fourth-order valence-electron chi connectivity index (χ4n) is 3.17. The van der Waals surface area contributed by atoms with Crippen molar-refractivity contribution in [3.05, 3.63) is 58.7 Å². The lowest BCUT2D eigenvalue weighted by Crippen LogP contribution is -2.30. The smallest absolute Gasteiger partial charge is 0.387 e. The van der Waals surface area contributed by atoms with E-state index in [1.165, 1.54) is 23.5 Å². The number of rotatable bonds is 10. The number of alkyl halides is 2. The molecule has 1 aromatic carbocycles. The van der Waals surface area contributed by atoms with Gasteiger partial charge in [-0.1, -0.05) is 12.1 Å². The first-order chi connectivity index (χ1) is 15.8. The van der Waals surface area contributed by atoms with Crippen LogP contribution in [0.3, 0.4) is 0 Å². The summed E-state index contributed by atoms with van der Waals surface area (Å²) in [6.07, 6.45) is 0. The average Bonchev–Trinajstić information content (AvgIpc) is 3.35. The van der Waals surface area contributed by atoms with Gasteiger partial charge in [-0.2, -0.15) is 8.78 Å². The predicted octanol–water partition coefficient (Wildman–Crippen LogP) is 5.17. The molecule has 0 fully saturated rings. The van der Waals surface area contributed by atoms with E-state index in [2.05, 4.69) is 10.1 Å². The lowest BCUT2D eigenvalue weighted by atomic mass is 10.1. The molecule has 0 unspecified atom stereocenters. The topological polar surface area (TPSA) is 81.0 Å². The molecular formula is C23H24F2N2O5S. The first kappa shape index (κ1) is 24.4. The average molecular weight is 479 g/mol. The number of furan rings is 1. The van der Waals surface area contributed by atoms with Crippen molar-refractivity contribution < 1.29 is 32.3 Å². The van der Waals surface area contributed by atoms with Gasteiger partial charge in [0.25, 0.3) is 0 Å². The number of ether oxygens (including phenoxy) is 2. The maximum atomic E-state index is 12.6. The first-order valence-corrected chi connectivity index (χ1v) is 11.0. The highest BCUT2D eigenvalue weighted by atomic mass is 32.1. The van der Waals surface area contributed by atoms with E-state index >= 15 is 0 Å². The maximum Gasteiger partial charge on any atom is 0.387 e. The molecule has 0 spiro atoms. The number of nitrogens with one attached hydrogen (secondary N) is 1. The lowest BCUT2D eigenvalue weighted by molar-refractivity contribution is -0.117. The Morgan fingerprint density at radius 3 is 2.52 bits per heavy atom. The number of amides is 1. The van der Waals surface area contributed by atoms with Gasteiger partial charge >= 0.3 is 12.6 Å². The van der Waals surface area contributed by atoms with Crippen molar-refractivity contribution in [1.82, 2.24) is 4.90 Å². The van der Waals surface area contributed by atoms with Crippen LogP contribution >= 0.6 is 11.3 Å². The van der Waals surface area contributed by atoms with Gasteiger partial charge in [0.05, 0.1) is 13.2 Å². The number of hydrogen-bond acceptors (Lipinski definition) is 7. The standard InChI is InChI=1S/C23H24F2N2O5S/c1-4-30-22(29)20-17(18-10-5-14(2)31-18)13-33-21(20)26-19(28)12-27(3)11-15-6-8-16(9-7-15)32-23(24)25/h5-10,13,23H,4,11-12H2,1-3H3,(H,26,28). The molecule has 0 atom stereocenters. The third-order valence-corrected chi connectivity index (χ3v) is 5.44. The molecular weight excluding hydrogens is 454 g/mol. The van der Waals surface area contributed by atoms with Crippen molar-refractivity contribution in [3.63, 3.8) is 0 Å². The number of aryl methyl sites for hydroxylation is 1. The maximum absolute atomic E-state index is 12.6. The summed E-state index contributed by atoms with van der Waals surface area (Å²) < 4.78 is 39.7. The van der Waals surface area contributed by atoms with E-state index in [0.29, 0.717) is 28.6 Å². The molecule has 3 aromatic rings. The second-order valence-electron chi connectivity index (χ2n) is 7.23. The summed E-state index contributed by atoms with van der Waals surface area (Å²) in [5, 5.41) is 4.91. The van der Waals surface area contributed by atoms with Gasteiger partial charge in [0.2, 0.25) is 5.91 Å². The number of benzene rings is 1. The van der Waals surface area contributed by atoms with Gasteiger partial charge in [-0.3, -0.25) is 9.69 Å². The second-order valence-corrected chi connectivity index (χ2v) is 8.11. The Morgan fingerprint density at radius 2 is 1.91 bits per heavy atom. The van der Waals surface area contributed by atoms with Crippen LogP contribution in [0.1, 0.15) is 28.6 Å². The second kappa shape index (κ2) is 11.1. The predicted molar refractivity (Wildman–Crippen MR) is 121 cm³/mol. The van der Waals surface area contributed by atoms with Gasteiger partial charge in [0, 0.05) is 17.5 Å². The molecule has 0 saturated carbocycles. The zero-order chi connectivity index (χ0) is 24.0. The van der Waals surface area contributed by atoms with Crippen LogP contribution in [0.5, 0.6) is 5.75 Å². The first-order valence-electron chi connectivity index (χ1n) is 10.1. The molecule has 0 aliphatic heterocycles. The molecule has 1 amide bonds. The normalized spacial score (nSPS) is 11.1.